The summed E-state index contributed by atoms with van der Waals surface area (Å²) in [5, 5.41) is 11.9. The molecular weight excluding hydrogens is 280 g/mol. The van der Waals surface area contributed by atoms with Crippen LogP contribution in [0.2, 0.25) is 5.02 Å². The molecule has 1 rings (SSSR count). The van der Waals surface area contributed by atoms with E-state index in [4.69, 9.17) is 16.7 Å². The van der Waals surface area contributed by atoms with Crippen LogP contribution in [0.15, 0.2) is 24.3 Å². The fourth-order valence-electron chi connectivity index (χ4n) is 1.51. The van der Waals surface area contributed by atoms with E-state index < -0.39 is 18.5 Å². The topological polar surface area (TPSA) is 69.6 Å². The molecule has 0 aliphatic carbocycles. The Hall–Kier alpha value is -2.19. The van der Waals surface area contributed by atoms with E-state index in [1.807, 2.05) is 0 Å². The Kier molecular flexibility index (Phi) is 6.41. The average molecular weight is 295 g/mol. The maximum absolute atomic E-state index is 12.0. The van der Waals surface area contributed by atoms with Crippen molar-refractivity contribution in [2.24, 2.45) is 0 Å². The number of carbonyl (C=O) groups excluding carboxylic acids is 1. The normalized spacial score (nSPS) is 9.30. The summed E-state index contributed by atoms with van der Waals surface area (Å²) in [5.41, 5.74) is 0.430. The summed E-state index contributed by atoms with van der Waals surface area (Å²) in [5.74, 6) is 4.42. The Bertz CT molecular complexity index is 549. The Morgan fingerprint density at radius 1 is 1.45 bits per heavy atom. The maximum atomic E-state index is 12.0. The van der Waals surface area contributed by atoms with E-state index in [-0.39, 0.29) is 0 Å². The van der Waals surface area contributed by atoms with Crippen LogP contribution in [0.25, 0.3) is 0 Å². The number of urea groups is 1. The Morgan fingerprint density at radius 2 is 2.20 bits per heavy atom. The third-order valence-electron chi connectivity index (χ3n) is 2.36. The first-order chi connectivity index (χ1) is 9.54. The van der Waals surface area contributed by atoms with Crippen molar-refractivity contribution in [3.8, 4) is 11.8 Å². The molecule has 1 aromatic rings. The zero-order valence-electron chi connectivity index (χ0n) is 11.0. The molecule has 0 unspecified atom stereocenters. The van der Waals surface area contributed by atoms with Gasteiger partial charge in [-0.05, 0) is 25.1 Å². The number of nitrogens with zero attached hydrogens (tertiary/aromatic N) is 1. The summed E-state index contributed by atoms with van der Waals surface area (Å²) in [6.07, 6.45) is 0.513. The summed E-state index contributed by atoms with van der Waals surface area (Å²) in [6.45, 7) is 1.63. The molecule has 0 saturated heterocycles. The highest BCUT2D eigenvalue weighted by molar-refractivity contribution is 6.30. The predicted molar refractivity (Wildman–Crippen MR) is 77.9 cm³/mol. The lowest BCUT2D eigenvalue weighted by molar-refractivity contribution is -0.135. The van der Waals surface area contributed by atoms with Gasteiger partial charge in [0.1, 0.15) is 6.54 Å². The van der Waals surface area contributed by atoms with Crippen LogP contribution in [0.1, 0.15) is 13.3 Å². The predicted octanol–water partition coefficient (Wildman–Crippen LogP) is 2.35. The number of rotatable bonds is 5. The van der Waals surface area contributed by atoms with Crippen molar-refractivity contribution in [2.75, 3.05) is 18.0 Å². The summed E-state index contributed by atoms with van der Waals surface area (Å²) in [7, 11) is 0. The van der Waals surface area contributed by atoms with Gasteiger partial charge in [0.05, 0.1) is 0 Å². The Balaban J connectivity index is 2.80. The number of aliphatic carboxylic acids is 1. The molecule has 0 aromatic heterocycles. The molecule has 0 atom stereocenters. The monoisotopic (exact) mass is 294 g/mol. The molecule has 1 aromatic carbocycles. The lowest BCUT2D eigenvalue weighted by Gasteiger charge is -2.21. The van der Waals surface area contributed by atoms with Crippen molar-refractivity contribution in [1.82, 2.24) is 5.32 Å². The summed E-state index contributed by atoms with van der Waals surface area (Å²) >= 11 is 5.85. The molecule has 2 amide bonds. The second kappa shape index (κ2) is 8.08. The highest BCUT2D eigenvalue weighted by Gasteiger charge is 2.18. The van der Waals surface area contributed by atoms with E-state index in [0.717, 1.165) is 4.90 Å². The van der Waals surface area contributed by atoms with E-state index >= 15 is 0 Å². The van der Waals surface area contributed by atoms with Crippen molar-refractivity contribution >= 4 is 29.3 Å². The van der Waals surface area contributed by atoms with Crippen molar-refractivity contribution < 1.29 is 14.7 Å². The van der Waals surface area contributed by atoms with Gasteiger partial charge in [0.2, 0.25) is 0 Å². The molecule has 0 saturated carbocycles. The number of carboxylic acid groups (broad SMARTS) is 1. The first-order valence-corrected chi connectivity index (χ1v) is 6.34. The van der Waals surface area contributed by atoms with Gasteiger partial charge in [-0.15, -0.1) is 11.8 Å². The van der Waals surface area contributed by atoms with Gasteiger partial charge >= 0.3 is 12.0 Å². The van der Waals surface area contributed by atoms with E-state index in [2.05, 4.69) is 17.2 Å². The summed E-state index contributed by atoms with van der Waals surface area (Å²) in [4.78, 5) is 24.0. The van der Waals surface area contributed by atoms with Crippen LogP contribution in [0, 0.1) is 11.8 Å². The maximum Gasteiger partial charge on any atom is 0.323 e. The van der Waals surface area contributed by atoms with Crippen LogP contribution >= 0.6 is 11.6 Å². The lowest BCUT2D eigenvalue weighted by atomic mass is 10.3. The standard InChI is InChI=1S/C14H15ClN2O3/c1-2-3-4-8-16-14(20)17(10-13(18)19)12-7-5-6-11(15)9-12/h5-7,9H,4,8,10H2,1H3,(H,16,20)(H,18,19). The van der Waals surface area contributed by atoms with Crippen molar-refractivity contribution in [1.29, 1.82) is 0 Å². The molecule has 5 nitrogen and oxygen atoms in total. The molecule has 2 N–H and O–H groups in total. The number of amides is 2. The summed E-state index contributed by atoms with van der Waals surface area (Å²) < 4.78 is 0. The largest absolute Gasteiger partial charge is 0.480 e. The molecule has 0 radical (unpaired) electrons. The molecule has 0 bridgehead atoms. The highest BCUT2D eigenvalue weighted by atomic mass is 35.5. The number of carbonyl (C=O) groups is 2. The Labute approximate surface area is 122 Å². The lowest BCUT2D eigenvalue weighted by Crippen LogP contribution is -2.43. The number of carboxylic acids is 1. The molecule has 20 heavy (non-hydrogen) atoms. The number of hydrogen-bond donors (Lipinski definition) is 2. The quantitative estimate of drug-likeness (QED) is 0.647. The van der Waals surface area contributed by atoms with E-state index in [1.165, 1.54) is 6.07 Å². The molecule has 0 fully saturated rings. The molecule has 0 heterocycles. The van der Waals surface area contributed by atoms with Gasteiger partial charge in [-0.25, -0.2) is 4.79 Å². The van der Waals surface area contributed by atoms with Gasteiger partial charge < -0.3 is 10.4 Å². The van der Waals surface area contributed by atoms with Crippen LogP contribution in [0.4, 0.5) is 10.5 Å². The second-order valence-corrected chi connectivity index (χ2v) is 4.30. The minimum Gasteiger partial charge on any atom is -0.480 e. The fourth-order valence-corrected chi connectivity index (χ4v) is 1.70. The van der Waals surface area contributed by atoms with Crippen LogP contribution in [0.5, 0.6) is 0 Å². The third kappa shape index (κ3) is 5.21. The van der Waals surface area contributed by atoms with Gasteiger partial charge in [-0.3, -0.25) is 9.69 Å². The van der Waals surface area contributed by atoms with E-state index in [9.17, 15) is 9.59 Å². The molecule has 0 spiro atoms. The highest BCUT2D eigenvalue weighted by Crippen LogP contribution is 2.19. The minimum absolute atomic E-state index is 0.357. The number of anilines is 1. The van der Waals surface area contributed by atoms with Crippen LogP contribution < -0.4 is 10.2 Å². The van der Waals surface area contributed by atoms with Crippen LogP contribution in [-0.2, 0) is 4.79 Å². The van der Waals surface area contributed by atoms with Crippen molar-refractivity contribution in [2.45, 2.75) is 13.3 Å². The van der Waals surface area contributed by atoms with Gasteiger partial charge in [0.25, 0.3) is 0 Å². The minimum atomic E-state index is -1.10. The second-order valence-electron chi connectivity index (χ2n) is 3.87. The number of benzene rings is 1. The van der Waals surface area contributed by atoms with Gasteiger partial charge in [0, 0.05) is 23.7 Å². The molecule has 0 aliphatic heterocycles. The Morgan fingerprint density at radius 3 is 2.80 bits per heavy atom. The van der Waals surface area contributed by atoms with Crippen molar-refractivity contribution in [3.63, 3.8) is 0 Å². The number of halogens is 1. The smallest absolute Gasteiger partial charge is 0.323 e. The molecule has 6 heteroatoms. The van der Waals surface area contributed by atoms with Crippen LogP contribution in [0.3, 0.4) is 0 Å². The zero-order valence-corrected chi connectivity index (χ0v) is 11.8. The van der Waals surface area contributed by atoms with Crippen LogP contribution in [-0.4, -0.2) is 30.2 Å². The van der Waals surface area contributed by atoms with Crippen molar-refractivity contribution in [3.05, 3.63) is 29.3 Å². The first kappa shape index (κ1) is 15.9. The fraction of sp³-hybridized carbons (Fsp3) is 0.286. The molecule has 106 valence electrons. The SMILES string of the molecule is CC#CCCNC(=O)N(CC(=O)O)c1cccc(Cl)c1. The number of nitrogens with one attached hydrogen (secondary N) is 1. The van der Waals surface area contributed by atoms with Gasteiger partial charge in [-0.2, -0.15) is 0 Å². The van der Waals surface area contributed by atoms with E-state index in [0.29, 0.717) is 23.7 Å². The average Bonchev–Trinajstić information content (AvgIpc) is 2.40. The first-order valence-electron chi connectivity index (χ1n) is 5.97. The van der Waals surface area contributed by atoms with Gasteiger partial charge in [0.15, 0.2) is 0 Å². The number of hydrogen-bond acceptors (Lipinski definition) is 2. The molecule has 0 aliphatic rings. The molecular formula is C14H15ClN2O3. The third-order valence-corrected chi connectivity index (χ3v) is 2.60. The van der Waals surface area contributed by atoms with Gasteiger partial charge in [-0.1, -0.05) is 17.7 Å². The zero-order chi connectivity index (χ0) is 15.0. The van der Waals surface area contributed by atoms with E-state index in [1.54, 1.807) is 25.1 Å². The summed E-state index contributed by atoms with van der Waals surface area (Å²) in [6, 6.07) is 5.98.